The molecule has 64 valence electrons. The van der Waals surface area contributed by atoms with Crippen LogP contribution in [0.5, 0.6) is 0 Å². The molecule has 0 amide bonds. The van der Waals surface area contributed by atoms with Crippen molar-refractivity contribution in [1.82, 2.24) is 0 Å². The monoisotopic (exact) mass is 183 g/mol. The number of hydrogen-bond donors (Lipinski definition) is 1. The van der Waals surface area contributed by atoms with Gasteiger partial charge in [-0.15, -0.1) is 0 Å². The summed E-state index contributed by atoms with van der Waals surface area (Å²) in [7, 11) is 0. The van der Waals surface area contributed by atoms with Gasteiger partial charge in [-0.05, 0) is 5.56 Å². The molecule has 0 aliphatic rings. The first kappa shape index (κ1) is 9.06. The summed E-state index contributed by atoms with van der Waals surface area (Å²) in [6, 6.07) is 9.23. The predicted molar refractivity (Wildman–Crippen MR) is 50.0 cm³/mol. The van der Waals surface area contributed by atoms with E-state index in [0.717, 1.165) is 5.56 Å². The van der Waals surface area contributed by atoms with Crippen molar-refractivity contribution < 1.29 is 4.92 Å². The fourth-order valence-corrected chi connectivity index (χ4v) is 1.23. The van der Waals surface area contributed by atoms with E-state index in [0.29, 0.717) is 0 Å². The molecule has 0 heterocycles. The average Bonchev–Trinajstić information content (AvgIpc) is 2.05. The Labute approximate surface area is 76.0 Å². The molecule has 0 fully saturated rings. The standard InChI is InChI=1S/C8H9NO2S/c10-9(11)6-8(12)7-4-2-1-3-5-7/h1-5,8,12H,6H2. The molecule has 1 atom stereocenters. The lowest BCUT2D eigenvalue weighted by Gasteiger charge is -2.04. The highest BCUT2D eigenvalue weighted by Crippen LogP contribution is 2.18. The number of nitro groups is 1. The van der Waals surface area contributed by atoms with Crippen molar-refractivity contribution in [2.24, 2.45) is 0 Å². The predicted octanol–water partition coefficient (Wildman–Crippen LogP) is 1.93. The van der Waals surface area contributed by atoms with E-state index in [4.69, 9.17) is 0 Å². The molecule has 0 saturated carbocycles. The van der Waals surface area contributed by atoms with Crippen LogP contribution in [0.2, 0.25) is 0 Å². The minimum absolute atomic E-state index is 0.132. The summed E-state index contributed by atoms with van der Waals surface area (Å²) >= 11 is 4.12. The maximum absolute atomic E-state index is 10.1. The van der Waals surface area contributed by atoms with Gasteiger partial charge in [0.25, 0.3) is 0 Å². The van der Waals surface area contributed by atoms with Crippen molar-refractivity contribution in [1.29, 1.82) is 0 Å². The zero-order valence-corrected chi connectivity index (χ0v) is 7.28. The molecule has 0 saturated heterocycles. The highest BCUT2D eigenvalue weighted by Gasteiger charge is 2.11. The van der Waals surface area contributed by atoms with E-state index in [1.807, 2.05) is 30.3 Å². The molecule has 0 aliphatic carbocycles. The largest absolute Gasteiger partial charge is 0.264 e. The normalized spacial score (nSPS) is 12.4. The summed E-state index contributed by atoms with van der Waals surface area (Å²) < 4.78 is 0. The molecule has 4 heteroatoms. The van der Waals surface area contributed by atoms with Crippen molar-refractivity contribution in [3.63, 3.8) is 0 Å². The van der Waals surface area contributed by atoms with Crippen molar-refractivity contribution in [2.75, 3.05) is 6.54 Å². The Morgan fingerprint density at radius 2 is 2.00 bits per heavy atom. The van der Waals surface area contributed by atoms with Gasteiger partial charge in [-0.3, -0.25) is 10.1 Å². The van der Waals surface area contributed by atoms with Gasteiger partial charge in [0.05, 0.1) is 5.25 Å². The van der Waals surface area contributed by atoms with Crippen LogP contribution in [0.25, 0.3) is 0 Å². The van der Waals surface area contributed by atoms with E-state index in [2.05, 4.69) is 12.6 Å². The molecule has 1 aromatic carbocycles. The number of nitrogens with zero attached hydrogens (tertiary/aromatic N) is 1. The van der Waals surface area contributed by atoms with Gasteiger partial charge < -0.3 is 0 Å². The number of hydrogen-bond acceptors (Lipinski definition) is 3. The van der Waals surface area contributed by atoms with Gasteiger partial charge in [-0.2, -0.15) is 12.6 Å². The van der Waals surface area contributed by atoms with Crippen LogP contribution in [0, 0.1) is 10.1 Å². The van der Waals surface area contributed by atoms with Crippen molar-refractivity contribution in [3.8, 4) is 0 Å². The second kappa shape index (κ2) is 4.11. The fraction of sp³-hybridized carbons (Fsp3) is 0.250. The first-order valence-electron chi connectivity index (χ1n) is 3.55. The van der Waals surface area contributed by atoms with Gasteiger partial charge in [0, 0.05) is 4.92 Å². The molecule has 0 aliphatic heterocycles. The van der Waals surface area contributed by atoms with Crippen LogP contribution < -0.4 is 0 Å². The maximum Gasteiger partial charge on any atom is 0.219 e. The minimum atomic E-state index is -0.356. The van der Waals surface area contributed by atoms with Crippen LogP contribution >= 0.6 is 12.6 Å². The topological polar surface area (TPSA) is 43.1 Å². The molecular formula is C8H9NO2S. The van der Waals surface area contributed by atoms with E-state index >= 15 is 0 Å². The van der Waals surface area contributed by atoms with Gasteiger partial charge >= 0.3 is 0 Å². The molecule has 0 spiro atoms. The smallest absolute Gasteiger partial charge is 0.219 e. The molecule has 0 radical (unpaired) electrons. The summed E-state index contributed by atoms with van der Waals surface area (Å²) in [6.45, 7) is -0.132. The summed E-state index contributed by atoms with van der Waals surface area (Å²) in [5.41, 5.74) is 0.887. The van der Waals surface area contributed by atoms with E-state index in [1.165, 1.54) is 0 Å². The second-order valence-electron chi connectivity index (χ2n) is 2.44. The Hall–Kier alpha value is -1.03. The SMILES string of the molecule is O=[N+]([O-])CC(S)c1ccccc1. The molecule has 12 heavy (non-hydrogen) atoms. The third-order valence-electron chi connectivity index (χ3n) is 1.51. The van der Waals surface area contributed by atoms with Crippen molar-refractivity contribution in [2.45, 2.75) is 5.25 Å². The Kier molecular flexibility index (Phi) is 3.10. The van der Waals surface area contributed by atoms with Crippen molar-refractivity contribution in [3.05, 3.63) is 46.0 Å². The zero-order valence-electron chi connectivity index (χ0n) is 6.38. The maximum atomic E-state index is 10.1. The first-order valence-corrected chi connectivity index (χ1v) is 4.06. The highest BCUT2D eigenvalue weighted by molar-refractivity contribution is 7.80. The lowest BCUT2D eigenvalue weighted by Crippen LogP contribution is -2.07. The van der Waals surface area contributed by atoms with Gasteiger partial charge in [-0.1, -0.05) is 30.3 Å². The highest BCUT2D eigenvalue weighted by atomic mass is 32.1. The summed E-state index contributed by atoms with van der Waals surface area (Å²) in [4.78, 5) is 9.78. The van der Waals surface area contributed by atoms with Crippen LogP contribution in [0.3, 0.4) is 0 Å². The minimum Gasteiger partial charge on any atom is -0.264 e. The number of benzene rings is 1. The quantitative estimate of drug-likeness (QED) is 0.442. The van der Waals surface area contributed by atoms with E-state index in [1.54, 1.807) is 0 Å². The summed E-state index contributed by atoms with van der Waals surface area (Å²) in [5, 5.41) is 9.84. The van der Waals surface area contributed by atoms with Crippen LogP contribution in [0.15, 0.2) is 30.3 Å². The van der Waals surface area contributed by atoms with Gasteiger partial charge in [0.15, 0.2) is 0 Å². The third-order valence-corrected chi connectivity index (χ3v) is 1.97. The Balaban J connectivity index is 2.65. The molecule has 1 aromatic rings. The molecule has 3 nitrogen and oxygen atoms in total. The first-order chi connectivity index (χ1) is 5.70. The van der Waals surface area contributed by atoms with Gasteiger partial charge in [0.2, 0.25) is 6.54 Å². The van der Waals surface area contributed by atoms with Gasteiger partial charge in [0.1, 0.15) is 0 Å². The lowest BCUT2D eigenvalue weighted by molar-refractivity contribution is -0.479. The molecule has 0 N–H and O–H groups in total. The fourth-order valence-electron chi connectivity index (χ4n) is 0.922. The molecule has 0 aromatic heterocycles. The third kappa shape index (κ3) is 2.54. The lowest BCUT2D eigenvalue weighted by atomic mass is 10.1. The molecular weight excluding hydrogens is 174 g/mol. The molecule has 0 bridgehead atoms. The van der Waals surface area contributed by atoms with Crippen LogP contribution in [0.4, 0.5) is 0 Å². The zero-order chi connectivity index (χ0) is 8.97. The van der Waals surface area contributed by atoms with Crippen LogP contribution in [-0.4, -0.2) is 11.5 Å². The Morgan fingerprint density at radius 3 is 2.50 bits per heavy atom. The average molecular weight is 183 g/mol. The summed E-state index contributed by atoms with van der Waals surface area (Å²) in [6.07, 6.45) is 0. The molecule has 1 rings (SSSR count). The van der Waals surface area contributed by atoms with E-state index in [-0.39, 0.29) is 16.7 Å². The Morgan fingerprint density at radius 1 is 1.42 bits per heavy atom. The van der Waals surface area contributed by atoms with Crippen molar-refractivity contribution >= 4 is 12.6 Å². The molecule has 1 unspecified atom stereocenters. The second-order valence-corrected chi connectivity index (χ2v) is 3.07. The summed E-state index contributed by atoms with van der Waals surface area (Å²) in [5.74, 6) is 0. The number of rotatable bonds is 3. The van der Waals surface area contributed by atoms with E-state index < -0.39 is 0 Å². The van der Waals surface area contributed by atoms with Crippen LogP contribution in [-0.2, 0) is 0 Å². The van der Waals surface area contributed by atoms with Gasteiger partial charge in [-0.25, -0.2) is 0 Å². The van der Waals surface area contributed by atoms with E-state index in [9.17, 15) is 10.1 Å². The van der Waals surface area contributed by atoms with Crippen LogP contribution in [0.1, 0.15) is 10.8 Å². The Bertz CT molecular complexity index is 263. The number of thiol groups is 1.